The SMILES string of the molecule is CNCc1ccc(OC)c(S(=O)(=O)N2CCCC2C)c1. The maximum absolute atomic E-state index is 12.8. The van der Waals surface area contributed by atoms with Crippen molar-refractivity contribution in [3.63, 3.8) is 0 Å². The third-order valence-corrected chi connectivity index (χ3v) is 5.72. The van der Waals surface area contributed by atoms with E-state index in [9.17, 15) is 8.42 Å². The van der Waals surface area contributed by atoms with Gasteiger partial charge >= 0.3 is 0 Å². The molecule has 1 saturated heterocycles. The molecule has 1 unspecified atom stereocenters. The van der Waals surface area contributed by atoms with E-state index < -0.39 is 10.0 Å². The summed E-state index contributed by atoms with van der Waals surface area (Å²) in [7, 11) is -0.157. The van der Waals surface area contributed by atoms with Crippen LogP contribution in [0.25, 0.3) is 0 Å². The molecule has 1 fully saturated rings. The Hall–Kier alpha value is -1.11. The van der Waals surface area contributed by atoms with Crippen molar-refractivity contribution in [1.29, 1.82) is 0 Å². The van der Waals surface area contributed by atoms with Crippen LogP contribution in [0, 0.1) is 0 Å². The Morgan fingerprint density at radius 3 is 2.75 bits per heavy atom. The molecule has 1 heterocycles. The van der Waals surface area contributed by atoms with Crippen molar-refractivity contribution in [3.8, 4) is 5.75 Å². The summed E-state index contributed by atoms with van der Waals surface area (Å²) in [6, 6.07) is 5.36. The summed E-state index contributed by atoms with van der Waals surface area (Å²) in [4.78, 5) is 0.265. The number of ether oxygens (including phenoxy) is 1. The average molecular weight is 298 g/mol. The smallest absolute Gasteiger partial charge is 0.247 e. The number of nitrogens with zero attached hydrogens (tertiary/aromatic N) is 1. The highest BCUT2D eigenvalue weighted by Gasteiger charge is 2.34. The molecule has 112 valence electrons. The van der Waals surface area contributed by atoms with E-state index in [4.69, 9.17) is 4.74 Å². The highest BCUT2D eigenvalue weighted by atomic mass is 32.2. The van der Waals surface area contributed by atoms with Crippen molar-refractivity contribution in [2.24, 2.45) is 0 Å². The normalized spacial score (nSPS) is 20.2. The van der Waals surface area contributed by atoms with Gasteiger partial charge in [-0.3, -0.25) is 0 Å². The van der Waals surface area contributed by atoms with Crippen LogP contribution in [0.5, 0.6) is 5.75 Å². The summed E-state index contributed by atoms with van der Waals surface area (Å²) < 4.78 is 32.4. The first-order valence-corrected chi connectivity index (χ1v) is 8.28. The molecule has 0 radical (unpaired) electrons. The second-order valence-corrected chi connectivity index (χ2v) is 6.98. The van der Waals surface area contributed by atoms with Gasteiger partial charge in [-0.15, -0.1) is 0 Å². The summed E-state index contributed by atoms with van der Waals surface area (Å²) in [5.74, 6) is 0.406. The van der Waals surface area contributed by atoms with Crippen molar-refractivity contribution < 1.29 is 13.2 Å². The van der Waals surface area contributed by atoms with Crippen molar-refractivity contribution in [2.75, 3.05) is 20.7 Å². The van der Waals surface area contributed by atoms with Crippen LogP contribution >= 0.6 is 0 Å². The van der Waals surface area contributed by atoms with Crippen LogP contribution in [0.2, 0.25) is 0 Å². The zero-order valence-electron chi connectivity index (χ0n) is 12.2. The quantitative estimate of drug-likeness (QED) is 0.897. The second kappa shape index (κ2) is 6.11. The van der Waals surface area contributed by atoms with E-state index in [-0.39, 0.29) is 10.9 Å². The van der Waals surface area contributed by atoms with Crippen LogP contribution in [-0.4, -0.2) is 39.5 Å². The monoisotopic (exact) mass is 298 g/mol. The van der Waals surface area contributed by atoms with Gasteiger partial charge in [-0.25, -0.2) is 8.42 Å². The number of methoxy groups -OCH3 is 1. The molecule has 1 aromatic carbocycles. The van der Waals surface area contributed by atoms with Gasteiger partial charge in [0, 0.05) is 19.1 Å². The molecule has 1 aromatic rings. The molecule has 1 aliphatic rings. The lowest BCUT2D eigenvalue weighted by atomic mass is 10.2. The van der Waals surface area contributed by atoms with Crippen LogP contribution in [0.15, 0.2) is 23.1 Å². The van der Waals surface area contributed by atoms with Gasteiger partial charge in [0.2, 0.25) is 10.0 Å². The van der Waals surface area contributed by atoms with Gasteiger partial charge in [0.05, 0.1) is 7.11 Å². The largest absolute Gasteiger partial charge is 0.495 e. The number of sulfonamides is 1. The summed E-state index contributed by atoms with van der Waals surface area (Å²) >= 11 is 0. The van der Waals surface area contributed by atoms with Gasteiger partial charge in [0.1, 0.15) is 10.6 Å². The standard InChI is InChI=1S/C14H22N2O3S/c1-11-5-4-8-16(11)20(17,18)14-9-12(10-15-2)6-7-13(14)19-3/h6-7,9,11,15H,4-5,8,10H2,1-3H3. The van der Waals surface area contributed by atoms with E-state index in [1.165, 1.54) is 7.11 Å². The molecule has 0 bridgehead atoms. The first-order valence-electron chi connectivity index (χ1n) is 6.84. The van der Waals surface area contributed by atoms with Gasteiger partial charge in [0.15, 0.2) is 0 Å². The Kier molecular flexibility index (Phi) is 4.67. The summed E-state index contributed by atoms with van der Waals surface area (Å²) in [6.45, 7) is 3.17. The molecule has 1 aliphatic heterocycles. The van der Waals surface area contributed by atoms with Crippen LogP contribution in [0.4, 0.5) is 0 Å². The van der Waals surface area contributed by atoms with E-state index in [1.807, 2.05) is 20.0 Å². The zero-order valence-corrected chi connectivity index (χ0v) is 13.0. The van der Waals surface area contributed by atoms with Crippen LogP contribution in [-0.2, 0) is 16.6 Å². The fraction of sp³-hybridized carbons (Fsp3) is 0.571. The van der Waals surface area contributed by atoms with E-state index in [0.29, 0.717) is 18.8 Å². The van der Waals surface area contributed by atoms with E-state index in [0.717, 1.165) is 18.4 Å². The molecular formula is C14H22N2O3S. The Morgan fingerprint density at radius 1 is 1.45 bits per heavy atom. The topological polar surface area (TPSA) is 58.6 Å². The molecule has 6 heteroatoms. The highest BCUT2D eigenvalue weighted by Crippen LogP contribution is 2.32. The van der Waals surface area contributed by atoms with Gasteiger partial charge in [0.25, 0.3) is 0 Å². The van der Waals surface area contributed by atoms with Crippen LogP contribution < -0.4 is 10.1 Å². The number of benzene rings is 1. The maximum Gasteiger partial charge on any atom is 0.247 e. The summed E-state index contributed by atoms with van der Waals surface area (Å²) in [5, 5.41) is 3.03. The lowest BCUT2D eigenvalue weighted by molar-refractivity contribution is 0.386. The average Bonchev–Trinajstić information content (AvgIpc) is 2.86. The summed E-state index contributed by atoms with van der Waals surface area (Å²) in [5.41, 5.74) is 0.929. The highest BCUT2D eigenvalue weighted by molar-refractivity contribution is 7.89. The number of hydrogen-bond donors (Lipinski definition) is 1. The summed E-state index contributed by atoms with van der Waals surface area (Å²) in [6.07, 6.45) is 1.83. The lowest BCUT2D eigenvalue weighted by Crippen LogP contribution is -2.34. The molecule has 0 saturated carbocycles. The molecule has 0 amide bonds. The molecule has 20 heavy (non-hydrogen) atoms. The zero-order chi connectivity index (χ0) is 14.8. The minimum atomic E-state index is -3.49. The van der Waals surface area contributed by atoms with E-state index in [1.54, 1.807) is 16.4 Å². The van der Waals surface area contributed by atoms with Crippen LogP contribution in [0.1, 0.15) is 25.3 Å². The predicted molar refractivity (Wildman–Crippen MR) is 78.3 cm³/mol. The van der Waals surface area contributed by atoms with Gasteiger partial charge in [-0.1, -0.05) is 6.07 Å². The molecule has 1 atom stereocenters. The molecule has 5 nitrogen and oxygen atoms in total. The van der Waals surface area contributed by atoms with Crippen molar-refractivity contribution in [1.82, 2.24) is 9.62 Å². The minimum absolute atomic E-state index is 0.0534. The lowest BCUT2D eigenvalue weighted by Gasteiger charge is -2.22. The molecular weight excluding hydrogens is 276 g/mol. The molecule has 0 spiro atoms. The Morgan fingerprint density at radius 2 is 2.20 bits per heavy atom. The van der Waals surface area contributed by atoms with Crippen molar-refractivity contribution in [2.45, 2.75) is 37.2 Å². The fourth-order valence-electron chi connectivity index (χ4n) is 2.63. The predicted octanol–water partition coefficient (Wildman–Crippen LogP) is 1.59. The maximum atomic E-state index is 12.8. The number of nitrogens with one attached hydrogen (secondary N) is 1. The molecule has 0 aromatic heterocycles. The van der Waals surface area contributed by atoms with Gasteiger partial charge < -0.3 is 10.1 Å². The fourth-order valence-corrected chi connectivity index (χ4v) is 4.53. The van der Waals surface area contributed by atoms with Crippen molar-refractivity contribution in [3.05, 3.63) is 23.8 Å². The second-order valence-electron chi connectivity index (χ2n) is 5.12. The third-order valence-electron chi connectivity index (χ3n) is 3.69. The molecule has 2 rings (SSSR count). The Bertz CT molecular complexity index is 572. The van der Waals surface area contributed by atoms with Crippen molar-refractivity contribution >= 4 is 10.0 Å². The van der Waals surface area contributed by atoms with Gasteiger partial charge in [-0.05, 0) is 44.5 Å². The Balaban J connectivity index is 2.46. The van der Waals surface area contributed by atoms with E-state index >= 15 is 0 Å². The number of rotatable bonds is 5. The minimum Gasteiger partial charge on any atom is -0.495 e. The third kappa shape index (κ3) is 2.82. The Labute approximate surface area is 121 Å². The first-order chi connectivity index (χ1) is 9.50. The van der Waals surface area contributed by atoms with Gasteiger partial charge in [-0.2, -0.15) is 4.31 Å². The first kappa shape index (κ1) is 15.3. The molecule has 0 aliphatic carbocycles. The number of hydrogen-bond acceptors (Lipinski definition) is 4. The van der Waals surface area contributed by atoms with Crippen LogP contribution in [0.3, 0.4) is 0 Å². The van der Waals surface area contributed by atoms with E-state index in [2.05, 4.69) is 5.32 Å². The molecule has 1 N–H and O–H groups in total.